The number of hydrogen-bond acceptors (Lipinski definition) is 6. The lowest BCUT2D eigenvalue weighted by Gasteiger charge is -2.15. The molecule has 32 heavy (non-hydrogen) atoms. The SMILES string of the molecule is CCCc1ncc(Cc2ccc3cccc(N[SH](=O)=O)c3n2)c2cc(OC)c(OC)cc12. The molecule has 0 aliphatic heterocycles. The van der Waals surface area contributed by atoms with Gasteiger partial charge in [-0.15, -0.1) is 0 Å². The average Bonchev–Trinajstić information content (AvgIpc) is 2.80. The summed E-state index contributed by atoms with van der Waals surface area (Å²) in [4.78, 5) is 9.48. The molecule has 0 aliphatic rings. The fraction of sp³-hybridized carbons (Fsp3) is 0.250. The lowest BCUT2D eigenvalue weighted by atomic mass is 9.99. The van der Waals surface area contributed by atoms with Crippen LogP contribution in [0.3, 0.4) is 0 Å². The monoisotopic (exact) mass is 451 g/mol. The second-order valence-electron chi connectivity index (χ2n) is 7.46. The molecule has 0 bridgehead atoms. The number of aromatic nitrogens is 2. The first-order valence-corrected chi connectivity index (χ1v) is 11.5. The molecular weight excluding hydrogens is 426 g/mol. The van der Waals surface area contributed by atoms with Crippen LogP contribution in [0.4, 0.5) is 5.69 Å². The number of anilines is 1. The van der Waals surface area contributed by atoms with Crippen LogP contribution in [0.5, 0.6) is 11.5 Å². The fourth-order valence-corrected chi connectivity index (χ4v) is 4.30. The molecule has 0 saturated heterocycles. The highest BCUT2D eigenvalue weighted by atomic mass is 32.2. The predicted molar refractivity (Wildman–Crippen MR) is 127 cm³/mol. The van der Waals surface area contributed by atoms with Crippen LogP contribution in [-0.4, -0.2) is 32.6 Å². The van der Waals surface area contributed by atoms with E-state index in [1.54, 1.807) is 26.4 Å². The zero-order chi connectivity index (χ0) is 22.7. The van der Waals surface area contributed by atoms with Crippen LogP contribution >= 0.6 is 0 Å². The highest BCUT2D eigenvalue weighted by Crippen LogP contribution is 2.35. The number of methoxy groups -OCH3 is 2. The molecule has 7 nitrogen and oxygen atoms in total. The summed E-state index contributed by atoms with van der Waals surface area (Å²) >= 11 is 0. The summed E-state index contributed by atoms with van der Waals surface area (Å²) in [6, 6.07) is 13.3. The molecule has 0 spiro atoms. The molecule has 0 unspecified atom stereocenters. The third-order valence-electron chi connectivity index (χ3n) is 5.40. The van der Waals surface area contributed by atoms with Crippen LogP contribution in [0.15, 0.2) is 48.7 Å². The lowest BCUT2D eigenvalue weighted by molar-refractivity contribution is 0.356. The van der Waals surface area contributed by atoms with E-state index in [0.717, 1.165) is 46.0 Å². The topological polar surface area (TPSA) is 90.4 Å². The quantitative estimate of drug-likeness (QED) is 0.389. The Bertz CT molecular complexity index is 1360. The Morgan fingerprint density at radius 2 is 1.75 bits per heavy atom. The smallest absolute Gasteiger partial charge is 0.222 e. The molecule has 2 aromatic heterocycles. The number of para-hydroxylation sites is 1. The molecule has 0 aliphatic carbocycles. The van der Waals surface area contributed by atoms with Crippen molar-refractivity contribution in [3.63, 3.8) is 0 Å². The average molecular weight is 452 g/mol. The zero-order valence-corrected chi connectivity index (χ0v) is 19.1. The van der Waals surface area contributed by atoms with E-state index in [1.807, 2.05) is 36.5 Å². The number of nitrogens with one attached hydrogen (secondary N) is 1. The molecule has 0 radical (unpaired) electrons. The predicted octanol–water partition coefficient (Wildman–Crippen LogP) is 4.28. The number of ether oxygens (including phenoxy) is 2. The molecule has 4 aromatic rings. The van der Waals surface area contributed by atoms with E-state index in [1.165, 1.54) is 0 Å². The maximum Gasteiger partial charge on any atom is 0.222 e. The third-order valence-corrected chi connectivity index (χ3v) is 5.83. The van der Waals surface area contributed by atoms with Gasteiger partial charge in [-0.25, -0.2) is 8.42 Å². The number of hydrogen-bond donors (Lipinski definition) is 2. The van der Waals surface area contributed by atoms with Crippen LogP contribution in [0.1, 0.15) is 30.3 Å². The van der Waals surface area contributed by atoms with Crippen molar-refractivity contribution in [1.29, 1.82) is 0 Å². The number of pyridine rings is 2. The van der Waals surface area contributed by atoms with Crippen molar-refractivity contribution < 1.29 is 17.9 Å². The van der Waals surface area contributed by atoms with Crippen molar-refractivity contribution in [3.8, 4) is 11.5 Å². The Labute approximate surface area is 188 Å². The molecule has 0 atom stereocenters. The summed E-state index contributed by atoms with van der Waals surface area (Å²) in [6.45, 7) is 2.13. The minimum atomic E-state index is -2.78. The Morgan fingerprint density at radius 1 is 1.00 bits per heavy atom. The van der Waals surface area contributed by atoms with Gasteiger partial charge in [-0.2, -0.15) is 0 Å². The molecule has 1 N–H and O–H groups in total. The first kappa shape index (κ1) is 21.8. The van der Waals surface area contributed by atoms with Gasteiger partial charge in [0.1, 0.15) is 0 Å². The van der Waals surface area contributed by atoms with E-state index in [2.05, 4.69) is 11.6 Å². The fourth-order valence-electron chi connectivity index (χ4n) is 3.92. The number of thiol groups is 1. The normalized spacial score (nSPS) is 11.2. The first-order chi connectivity index (χ1) is 15.5. The summed E-state index contributed by atoms with van der Waals surface area (Å²) in [5.41, 5.74) is 3.92. The number of nitrogens with zero attached hydrogens (tertiary/aromatic N) is 2. The Hall–Kier alpha value is -3.39. The van der Waals surface area contributed by atoms with Crippen molar-refractivity contribution in [2.45, 2.75) is 26.2 Å². The molecule has 4 rings (SSSR count). The molecule has 0 fully saturated rings. The molecule has 0 saturated carbocycles. The van der Waals surface area contributed by atoms with Crippen LogP contribution in [0.2, 0.25) is 0 Å². The largest absolute Gasteiger partial charge is 0.493 e. The minimum Gasteiger partial charge on any atom is -0.493 e. The van der Waals surface area contributed by atoms with Crippen molar-refractivity contribution in [2.24, 2.45) is 0 Å². The Balaban J connectivity index is 1.83. The van der Waals surface area contributed by atoms with E-state index >= 15 is 0 Å². The Kier molecular flexibility index (Phi) is 6.41. The summed E-state index contributed by atoms with van der Waals surface area (Å²) in [5, 5.41) is 2.94. The second-order valence-corrected chi connectivity index (χ2v) is 8.20. The lowest BCUT2D eigenvalue weighted by Crippen LogP contribution is -2.01. The maximum absolute atomic E-state index is 11.2. The van der Waals surface area contributed by atoms with Gasteiger partial charge in [-0.3, -0.25) is 14.7 Å². The molecule has 166 valence electrons. The molecule has 8 heteroatoms. The minimum absolute atomic E-state index is 0.466. The van der Waals surface area contributed by atoms with E-state index in [4.69, 9.17) is 19.4 Å². The van der Waals surface area contributed by atoms with Crippen molar-refractivity contribution in [1.82, 2.24) is 9.97 Å². The van der Waals surface area contributed by atoms with Gasteiger partial charge in [-0.1, -0.05) is 31.5 Å². The highest BCUT2D eigenvalue weighted by Gasteiger charge is 2.14. The summed E-state index contributed by atoms with van der Waals surface area (Å²) in [6.07, 6.45) is 4.28. The maximum atomic E-state index is 11.2. The zero-order valence-electron chi connectivity index (χ0n) is 18.2. The van der Waals surface area contributed by atoms with Crippen LogP contribution in [-0.2, 0) is 23.7 Å². The summed E-state index contributed by atoms with van der Waals surface area (Å²) in [7, 11) is 0.474. The van der Waals surface area contributed by atoms with Gasteiger partial charge < -0.3 is 9.47 Å². The summed E-state index contributed by atoms with van der Waals surface area (Å²) in [5.74, 6) is 1.33. The van der Waals surface area contributed by atoms with Crippen molar-refractivity contribution in [2.75, 3.05) is 18.9 Å². The van der Waals surface area contributed by atoms with Crippen LogP contribution in [0, 0.1) is 0 Å². The van der Waals surface area contributed by atoms with Crippen LogP contribution < -0.4 is 14.2 Å². The van der Waals surface area contributed by atoms with Crippen molar-refractivity contribution in [3.05, 3.63) is 65.6 Å². The highest BCUT2D eigenvalue weighted by molar-refractivity contribution is 7.73. The van der Waals surface area contributed by atoms with Gasteiger partial charge >= 0.3 is 0 Å². The van der Waals surface area contributed by atoms with Crippen LogP contribution in [0.25, 0.3) is 21.7 Å². The van der Waals surface area contributed by atoms with Gasteiger partial charge in [0.25, 0.3) is 0 Å². The van der Waals surface area contributed by atoms with Gasteiger partial charge in [0, 0.05) is 34.8 Å². The first-order valence-electron chi connectivity index (χ1n) is 10.4. The number of aryl methyl sites for hydroxylation is 1. The number of benzene rings is 2. The molecular formula is C24H25N3O4S. The van der Waals surface area contributed by atoms with E-state index in [0.29, 0.717) is 29.1 Å². The summed E-state index contributed by atoms with van der Waals surface area (Å²) < 4.78 is 35.9. The Morgan fingerprint density at radius 3 is 2.44 bits per heavy atom. The number of rotatable bonds is 8. The van der Waals surface area contributed by atoms with E-state index < -0.39 is 10.9 Å². The standard InChI is InChI=1S/C24H25N3O4S/c1-4-6-20-19-13-23(31-3)22(30-2)12-18(19)16(14-25-20)11-17-10-9-15-7-5-8-21(24(15)26-17)27-32(28)29/h5,7-10,12-14,32H,4,6,11H2,1-3H3,(H,27,28,29). The molecule has 2 heterocycles. The van der Waals surface area contributed by atoms with Gasteiger partial charge in [-0.05, 0) is 41.6 Å². The molecule has 0 amide bonds. The van der Waals surface area contributed by atoms with Gasteiger partial charge in [0.05, 0.1) is 25.4 Å². The van der Waals surface area contributed by atoms with E-state index in [9.17, 15) is 8.42 Å². The van der Waals surface area contributed by atoms with Gasteiger partial charge in [0.2, 0.25) is 10.9 Å². The van der Waals surface area contributed by atoms with Crippen molar-refractivity contribution >= 4 is 38.3 Å². The van der Waals surface area contributed by atoms with Gasteiger partial charge in [0.15, 0.2) is 11.5 Å². The third kappa shape index (κ3) is 4.31. The van der Waals surface area contributed by atoms with E-state index in [-0.39, 0.29) is 0 Å². The molecule has 2 aromatic carbocycles. The number of fused-ring (bicyclic) bond motifs is 2. The second kappa shape index (κ2) is 9.40.